The molecule has 1 aliphatic heterocycles. The standard InChI is InChI=1S/C24H37NO9/c1-7-11-17(26)31-21-16(5)30-24(34-20(29)15-25(6)14-10-4)23(33-19(28)13-9-3)22(21)32-18(27)12-8-2/h4,16,21-24H,7-9,11-15H2,1-3,5-6H3/p+1. The van der Waals surface area contributed by atoms with Gasteiger partial charge in [0.15, 0.2) is 18.8 Å². The lowest BCUT2D eigenvalue weighted by atomic mass is 9.98. The van der Waals surface area contributed by atoms with Crippen LogP contribution in [0.4, 0.5) is 0 Å². The third kappa shape index (κ3) is 9.69. The number of terminal acetylenes is 1. The molecule has 0 amide bonds. The first-order valence-electron chi connectivity index (χ1n) is 11.8. The number of hydrogen-bond acceptors (Lipinski definition) is 9. The highest BCUT2D eigenvalue weighted by atomic mass is 16.7. The van der Waals surface area contributed by atoms with E-state index < -0.39 is 54.6 Å². The number of carbonyl (C=O) groups is 4. The van der Waals surface area contributed by atoms with Crippen LogP contribution in [0.2, 0.25) is 0 Å². The fourth-order valence-corrected chi connectivity index (χ4v) is 3.39. The smallest absolute Gasteiger partial charge is 0.364 e. The first-order valence-corrected chi connectivity index (χ1v) is 11.8. The maximum Gasteiger partial charge on any atom is 0.364 e. The Hall–Kier alpha value is -2.64. The van der Waals surface area contributed by atoms with Crippen LogP contribution in [0.1, 0.15) is 66.2 Å². The highest BCUT2D eigenvalue weighted by Crippen LogP contribution is 2.30. The molecule has 0 aromatic rings. The summed E-state index contributed by atoms with van der Waals surface area (Å²) in [6.07, 6.45) is 1.51. The van der Waals surface area contributed by atoms with E-state index in [0.29, 0.717) is 30.7 Å². The van der Waals surface area contributed by atoms with Crippen molar-refractivity contribution in [1.82, 2.24) is 0 Å². The molecular formula is C24H38NO9+. The van der Waals surface area contributed by atoms with Gasteiger partial charge >= 0.3 is 23.9 Å². The van der Waals surface area contributed by atoms with Crippen LogP contribution in [-0.2, 0) is 42.9 Å². The van der Waals surface area contributed by atoms with Crippen molar-refractivity contribution >= 4 is 23.9 Å². The first kappa shape index (κ1) is 29.4. The van der Waals surface area contributed by atoms with Crippen molar-refractivity contribution in [2.45, 2.75) is 96.9 Å². The molecule has 1 N–H and O–H groups in total. The van der Waals surface area contributed by atoms with E-state index in [4.69, 9.17) is 30.1 Å². The van der Waals surface area contributed by atoms with Gasteiger partial charge in [0.1, 0.15) is 6.54 Å². The highest BCUT2D eigenvalue weighted by Gasteiger charge is 2.52. The summed E-state index contributed by atoms with van der Waals surface area (Å²) in [7, 11) is 1.72. The van der Waals surface area contributed by atoms with E-state index in [1.54, 1.807) is 20.9 Å². The molecule has 1 saturated heterocycles. The zero-order valence-electron chi connectivity index (χ0n) is 20.8. The van der Waals surface area contributed by atoms with E-state index in [1.165, 1.54) is 0 Å². The molecule has 0 radical (unpaired) electrons. The Labute approximate surface area is 201 Å². The Morgan fingerprint density at radius 3 is 1.74 bits per heavy atom. The quantitative estimate of drug-likeness (QED) is 0.227. The number of ether oxygens (including phenoxy) is 5. The van der Waals surface area contributed by atoms with Crippen LogP contribution in [0.15, 0.2) is 0 Å². The largest absolute Gasteiger partial charge is 0.455 e. The summed E-state index contributed by atoms with van der Waals surface area (Å²) in [5.74, 6) is 0.168. The van der Waals surface area contributed by atoms with Crippen LogP contribution in [-0.4, -0.2) is 74.7 Å². The lowest BCUT2D eigenvalue weighted by Crippen LogP contribution is -3.09. The molecule has 6 unspecified atom stereocenters. The van der Waals surface area contributed by atoms with Crippen LogP contribution < -0.4 is 4.90 Å². The normalized spacial score (nSPS) is 24.9. The number of quaternary nitrogens is 1. The van der Waals surface area contributed by atoms with E-state index in [2.05, 4.69) is 5.92 Å². The Kier molecular flexibility index (Phi) is 13.2. The predicted molar refractivity (Wildman–Crippen MR) is 120 cm³/mol. The van der Waals surface area contributed by atoms with Gasteiger partial charge in [-0.25, -0.2) is 4.79 Å². The minimum absolute atomic E-state index is 0.0523. The van der Waals surface area contributed by atoms with Crippen LogP contribution in [0.5, 0.6) is 0 Å². The lowest BCUT2D eigenvalue weighted by molar-refractivity contribution is -0.864. The second-order valence-electron chi connectivity index (χ2n) is 8.33. The topological polar surface area (TPSA) is 119 Å². The molecular weight excluding hydrogens is 446 g/mol. The summed E-state index contributed by atoms with van der Waals surface area (Å²) in [6.45, 7) is 7.29. The van der Waals surface area contributed by atoms with Gasteiger partial charge in [-0.15, -0.1) is 6.42 Å². The fourth-order valence-electron chi connectivity index (χ4n) is 3.39. The van der Waals surface area contributed by atoms with Gasteiger partial charge in [0.2, 0.25) is 12.4 Å². The average Bonchev–Trinajstić information content (AvgIpc) is 2.74. The van der Waals surface area contributed by atoms with Gasteiger partial charge in [0, 0.05) is 19.3 Å². The number of hydrogen-bond donors (Lipinski definition) is 1. The average molecular weight is 485 g/mol. The monoisotopic (exact) mass is 484 g/mol. The molecule has 0 aromatic heterocycles. The van der Waals surface area contributed by atoms with Gasteiger partial charge in [-0.1, -0.05) is 20.8 Å². The Morgan fingerprint density at radius 2 is 1.26 bits per heavy atom. The van der Waals surface area contributed by atoms with E-state index in [0.717, 1.165) is 0 Å². The molecule has 1 aliphatic rings. The predicted octanol–water partition coefficient (Wildman–Crippen LogP) is 0.558. The Bertz CT molecular complexity index is 732. The maximum atomic E-state index is 12.5. The first-order chi connectivity index (χ1) is 16.2. The van der Waals surface area contributed by atoms with Gasteiger partial charge in [-0.2, -0.15) is 0 Å². The number of carbonyl (C=O) groups excluding carboxylic acids is 4. The van der Waals surface area contributed by atoms with Crippen molar-refractivity contribution in [1.29, 1.82) is 0 Å². The number of esters is 4. The minimum Gasteiger partial charge on any atom is -0.455 e. The van der Waals surface area contributed by atoms with Gasteiger partial charge < -0.3 is 28.6 Å². The van der Waals surface area contributed by atoms with Crippen molar-refractivity contribution in [2.75, 3.05) is 20.1 Å². The third-order valence-corrected chi connectivity index (χ3v) is 4.99. The van der Waals surface area contributed by atoms with Crippen molar-refractivity contribution in [3.8, 4) is 12.3 Å². The summed E-state index contributed by atoms with van der Waals surface area (Å²) >= 11 is 0. The van der Waals surface area contributed by atoms with E-state index in [9.17, 15) is 19.2 Å². The summed E-state index contributed by atoms with van der Waals surface area (Å²) in [5, 5.41) is 0. The molecule has 1 heterocycles. The Morgan fingerprint density at radius 1 is 0.794 bits per heavy atom. The summed E-state index contributed by atoms with van der Waals surface area (Å²) in [4.78, 5) is 50.3. The second-order valence-corrected chi connectivity index (χ2v) is 8.33. The van der Waals surface area contributed by atoms with Crippen LogP contribution >= 0.6 is 0 Å². The van der Waals surface area contributed by atoms with Crippen molar-refractivity contribution in [2.24, 2.45) is 0 Å². The number of nitrogens with one attached hydrogen (secondary N) is 1. The number of likely N-dealkylation sites (N-methyl/N-ethyl adjacent to an activating group) is 1. The summed E-state index contributed by atoms with van der Waals surface area (Å²) in [5.41, 5.74) is 0. The molecule has 10 nitrogen and oxygen atoms in total. The molecule has 34 heavy (non-hydrogen) atoms. The highest BCUT2D eigenvalue weighted by molar-refractivity contribution is 5.72. The molecule has 0 saturated carbocycles. The van der Waals surface area contributed by atoms with E-state index >= 15 is 0 Å². The summed E-state index contributed by atoms with van der Waals surface area (Å²) in [6, 6.07) is 0. The molecule has 1 rings (SSSR count). The minimum atomic E-state index is -1.36. The lowest BCUT2D eigenvalue weighted by Gasteiger charge is -2.43. The van der Waals surface area contributed by atoms with Crippen molar-refractivity contribution in [3.05, 3.63) is 0 Å². The second kappa shape index (κ2) is 15.3. The Balaban J connectivity index is 3.24. The van der Waals surface area contributed by atoms with Gasteiger partial charge in [0.25, 0.3) is 0 Å². The molecule has 6 atom stereocenters. The summed E-state index contributed by atoms with van der Waals surface area (Å²) < 4.78 is 28.0. The van der Waals surface area contributed by atoms with E-state index in [-0.39, 0.29) is 25.8 Å². The molecule has 0 aromatic carbocycles. The third-order valence-electron chi connectivity index (χ3n) is 4.99. The van der Waals surface area contributed by atoms with Crippen molar-refractivity contribution in [3.63, 3.8) is 0 Å². The molecule has 0 spiro atoms. The van der Waals surface area contributed by atoms with E-state index in [1.807, 2.05) is 13.8 Å². The van der Waals surface area contributed by atoms with Gasteiger partial charge in [-0.3, -0.25) is 14.4 Å². The number of rotatable bonds is 13. The zero-order chi connectivity index (χ0) is 25.7. The van der Waals surface area contributed by atoms with Crippen LogP contribution in [0.3, 0.4) is 0 Å². The molecule has 0 bridgehead atoms. The van der Waals surface area contributed by atoms with Crippen LogP contribution in [0.25, 0.3) is 0 Å². The van der Waals surface area contributed by atoms with Crippen molar-refractivity contribution < 1.29 is 47.8 Å². The van der Waals surface area contributed by atoms with Gasteiger partial charge in [0.05, 0.1) is 13.2 Å². The molecule has 192 valence electrons. The van der Waals surface area contributed by atoms with Crippen LogP contribution in [0, 0.1) is 12.3 Å². The van der Waals surface area contributed by atoms with Gasteiger partial charge in [-0.05, 0) is 32.1 Å². The maximum absolute atomic E-state index is 12.5. The zero-order valence-corrected chi connectivity index (χ0v) is 20.8. The molecule has 1 fully saturated rings. The molecule has 0 aliphatic carbocycles. The molecule has 10 heteroatoms. The fraction of sp³-hybridized carbons (Fsp3) is 0.750. The SMILES string of the molecule is C#CC[NH+](C)CC(=O)OC1OC(C)C(OC(=O)CCC)C(OC(=O)CCC)C1OC(=O)CCC.